The van der Waals surface area contributed by atoms with E-state index in [-0.39, 0.29) is 0 Å². The number of rotatable bonds is 3. The van der Waals surface area contributed by atoms with Crippen LogP contribution < -0.4 is 4.18 Å². The van der Waals surface area contributed by atoms with E-state index in [0.717, 1.165) is 17.2 Å². The molecule has 2 aromatic rings. The zero-order valence-electron chi connectivity index (χ0n) is 8.84. The van der Waals surface area contributed by atoms with Crippen LogP contribution in [0.3, 0.4) is 0 Å². The van der Waals surface area contributed by atoms with Gasteiger partial charge >= 0.3 is 0 Å². The van der Waals surface area contributed by atoms with Gasteiger partial charge in [0, 0.05) is 5.39 Å². The van der Waals surface area contributed by atoms with E-state index in [1.54, 1.807) is 6.07 Å². The van der Waals surface area contributed by atoms with Crippen LogP contribution in [-0.2, 0) is 17.4 Å². The third-order valence-electron chi connectivity index (χ3n) is 2.53. The molecule has 0 amide bonds. The number of hydrogen-bond acceptors (Lipinski definition) is 3. The van der Waals surface area contributed by atoms with Crippen molar-refractivity contribution in [3.8, 4) is 5.75 Å². The zero-order valence-corrected chi connectivity index (χ0v) is 9.74. The van der Waals surface area contributed by atoms with Crippen molar-refractivity contribution in [2.75, 3.05) is 0 Å². The number of thiol groups is 1. The molecule has 0 saturated carbocycles. The molecule has 3 nitrogen and oxygen atoms in total. The molecule has 0 aliphatic heterocycles. The number of aryl methyl sites for hydroxylation is 1. The van der Waals surface area contributed by atoms with Gasteiger partial charge in [0.05, 0.1) is 0 Å². The molecule has 0 spiro atoms. The maximum atomic E-state index is 10.6. The van der Waals surface area contributed by atoms with Gasteiger partial charge in [0.1, 0.15) is 5.75 Å². The van der Waals surface area contributed by atoms with E-state index in [9.17, 15) is 8.42 Å². The van der Waals surface area contributed by atoms with Crippen molar-refractivity contribution in [1.82, 2.24) is 0 Å². The Hall–Kier alpha value is -1.55. The van der Waals surface area contributed by atoms with Crippen LogP contribution in [0.4, 0.5) is 0 Å². The van der Waals surface area contributed by atoms with Crippen molar-refractivity contribution in [2.45, 2.75) is 13.3 Å². The first-order valence-corrected chi connectivity index (χ1v) is 6.15. The Morgan fingerprint density at radius 2 is 1.75 bits per heavy atom. The van der Waals surface area contributed by atoms with Crippen molar-refractivity contribution in [3.05, 3.63) is 42.0 Å². The molecule has 84 valence electrons. The summed E-state index contributed by atoms with van der Waals surface area (Å²) in [5, 5.41) is 1.88. The van der Waals surface area contributed by atoms with Crippen LogP contribution >= 0.6 is 0 Å². The molecule has 4 heteroatoms. The van der Waals surface area contributed by atoms with Crippen LogP contribution in [0.5, 0.6) is 5.75 Å². The number of fused-ring (bicyclic) bond motifs is 1. The molecule has 0 aliphatic rings. The van der Waals surface area contributed by atoms with Gasteiger partial charge in [0.15, 0.2) is 0 Å². The molecule has 2 rings (SSSR count). The Balaban J connectivity index is 2.69. The molecule has 0 saturated heterocycles. The molecule has 2 aromatic carbocycles. The van der Waals surface area contributed by atoms with Crippen LogP contribution in [0.25, 0.3) is 10.8 Å². The Bertz CT molecular complexity index is 580. The fourth-order valence-corrected chi connectivity index (χ4v) is 2.12. The highest BCUT2D eigenvalue weighted by molar-refractivity contribution is 7.67. The molecule has 0 radical (unpaired) electrons. The van der Waals surface area contributed by atoms with Gasteiger partial charge in [0.2, 0.25) is 0 Å². The molecule has 0 unspecified atom stereocenters. The van der Waals surface area contributed by atoms with Gasteiger partial charge in [-0.15, -0.1) is 0 Å². The summed E-state index contributed by atoms with van der Waals surface area (Å²) in [6, 6.07) is 11.2. The van der Waals surface area contributed by atoms with E-state index >= 15 is 0 Å². The second-order valence-electron chi connectivity index (χ2n) is 3.44. The standard InChI is InChI=1S/C12H12O3S/c1-2-9-7-8-12(15-16(13)14)11-6-4-3-5-10(9)11/h3-8,16H,2H2,1H3. The highest BCUT2D eigenvalue weighted by Crippen LogP contribution is 2.28. The first-order chi connectivity index (χ1) is 7.72. The molecule has 0 fully saturated rings. The summed E-state index contributed by atoms with van der Waals surface area (Å²) in [6.07, 6.45) is 0.907. The third-order valence-corrected chi connectivity index (χ3v) is 2.87. The van der Waals surface area contributed by atoms with Gasteiger partial charge in [-0.05, 0) is 23.4 Å². The van der Waals surface area contributed by atoms with Gasteiger partial charge in [-0.1, -0.05) is 37.3 Å². The quantitative estimate of drug-likeness (QED) is 0.832. The van der Waals surface area contributed by atoms with Gasteiger partial charge < -0.3 is 4.18 Å². The summed E-state index contributed by atoms with van der Waals surface area (Å²) >= 11 is 0. The highest BCUT2D eigenvalue weighted by Gasteiger charge is 2.05. The largest absolute Gasteiger partial charge is 0.384 e. The minimum Gasteiger partial charge on any atom is -0.384 e. The summed E-state index contributed by atoms with van der Waals surface area (Å²) in [6.45, 7) is 2.07. The van der Waals surface area contributed by atoms with Gasteiger partial charge in [-0.25, -0.2) is 0 Å². The lowest BCUT2D eigenvalue weighted by atomic mass is 10.0. The lowest BCUT2D eigenvalue weighted by Gasteiger charge is -2.07. The maximum Gasteiger partial charge on any atom is 0.299 e. The molecule has 0 atom stereocenters. The molecular weight excluding hydrogens is 224 g/mol. The predicted octanol–water partition coefficient (Wildman–Crippen LogP) is 2.31. The lowest BCUT2D eigenvalue weighted by Crippen LogP contribution is -1.92. The SMILES string of the molecule is CCc1ccc(O[SH](=O)=O)c2ccccc12. The van der Waals surface area contributed by atoms with Gasteiger partial charge in [-0.3, -0.25) is 0 Å². The van der Waals surface area contributed by atoms with Crippen LogP contribution in [-0.4, -0.2) is 8.42 Å². The molecule has 0 heterocycles. The zero-order chi connectivity index (χ0) is 11.5. The molecule has 0 N–H and O–H groups in total. The van der Waals surface area contributed by atoms with E-state index in [2.05, 4.69) is 6.92 Å². The minimum atomic E-state index is -2.86. The summed E-state index contributed by atoms with van der Waals surface area (Å²) in [7, 11) is -2.86. The van der Waals surface area contributed by atoms with Crippen molar-refractivity contribution >= 4 is 21.8 Å². The summed E-state index contributed by atoms with van der Waals surface area (Å²) < 4.78 is 25.9. The third kappa shape index (κ3) is 2.02. The average molecular weight is 236 g/mol. The van der Waals surface area contributed by atoms with Gasteiger partial charge in [-0.2, -0.15) is 8.42 Å². The van der Waals surface area contributed by atoms with E-state index < -0.39 is 11.0 Å². The molecule has 0 bridgehead atoms. The predicted molar refractivity (Wildman–Crippen MR) is 64.3 cm³/mol. The van der Waals surface area contributed by atoms with E-state index in [0.29, 0.717) is 5.75 Å². The number of hydrogen-bond donors (Lipinski definition) is 1. The topological polar surface area (TPSA) is 43.4 Å². The van der Waals surface area contributed by atoms with Crippen LogP contribution in [0.1, 0.15) is 12.5 Å². The summed E-state index contributed by atoms with van der Waals surface area (Å²) in [5.74, 6) is 0.393. The Kier molecular flexibility index (Phi) is 3.10. The Morgan fingerprint density at radius 3 is 2.38 bits per heavy atom. The average Bonchev–Trinajstić information content (AvgIpc) is 2.29. The maximum absolute atomic E-state index is 10.6. The summed E-state index contributed by atoms with van der Waals surface area (Å²) in [5.41, 5.74) is 1.18. The molecule has 16 heavy (non-hydrogen) atoms. The molecule has 0 aromatic heterocycles. The van der Waals surface area contributed by atoms with E-state index in [1.165, 1.54) is 5.56 Å². The normalized spacial score (nSPS) is 10.9. The van der Waals surface area contributed by atoms with Crippen LogP contribution in [0.2, 0.25) is 0 Å². The lowest BCUT2D eigenvalue weighted by molar-refractivity contribution is 0.513. The smallest absolute Gasteiger partial charge is 0.299 e. The van der Waals surface area contributed by atoms with Crippen LogP contribution in [0, 0.1) is 0 Å². The van der Waals surface area contributed by atoms with Crippen molar-refractivity contribution in [2.24, 2.45) is 0 Å². The minimum absolute atomic E-state index is 0.393. The first kappa shape index (κ1) is 11.0. The van der Waals surface area contributed by atoms with E-state index in [1.807, 2.05) is 30.3 Å². The van der Waals surface area contributed by atoms with Gasteiger partial charge in [0.25, 0.3) is 11.0 Å². The summed E-state index contributed by atoms with van der Waals surface area (Å²) in [4.78, 5) is 0. The first-order valence-electron chi connectivity index (χ1n) is 5.05. The Morgan fingerprint density at radius 1 is 1.06 bits per heavy atom. The second kappa shape index (κ2) is 4.53. The molecule has 0 aliphatic carbocycles. The van der Waals surface area contributed by atoms with Crippen molar-refractivity contribution < 1.29 is 12.6 Å². The second-order valence-corrected chi connectivity index (χ2v) is 4.07. The van der Waals surface area contributed by atoms with Crippen molar-refractivity contribution in [3.63, 3.8) is 0 Å². The fraction of sp³-hybridized carbons (Fsp3) is 0.167. The molecular formula is C12H12O3S. The van der Waals surface area contributed by atoms with E-state index in [4.69, 9.17) is 4.18 Å². The van der Waals surface area contributed by atoms with Crippen molar-refractivity contribution in [1.29, 1.82) is 0 Å². The highest BCUT2D eigenvalue weighted by atomic mass is 32.2. The fourth-order valence-electron chi connectivity index (χ4n) is 1.80. The number of benzene rings is 2. The monoisotopic (exact) mass is 236 g/mol. The Labute approximate surface area is 95.8 Å². The van der Waals surface area contributed by atoms with Crippen LogP contribution in [0.15, 0.2) is 36.4 Å².